The van der Waals surface area contributed by atoms with Gasteiger partial charge in [0.25, 0.3) is 5.69 Å². The minimum atomic E-state index is -0.459. The van der Waals surface area contributed by atoms with E-state index in [1.807, 2.05) is 0 Å². The number of hydrogen-bond acceptors (Lipinski definition) is 4. The molecule has 0 fully saturated rings. The monoisotopic (exact) mass is 231 g/mol. The summed E-state index contributed by atoms with van der Waals surface area (Å²) in [5.74, 6) is 0. The number of nitro groups is 1. The molecular formula is C11H9N3O3. The van der Waals surface area contributed by atoms with E-state index in [1.165, 1.54) is 16.8 Å². The maximum absolute atomic E-state index is 10.7. The Labute approximate surface area is 96.6 Å². The standard InChI is InChI=1S/C11H9N3O3/c1-13-10(7-15)6-11(12-13)8-2-4-9(5-3-8)14(16)17/h2-7H,1H3. The van der Waals surface area contributed by atoms with Crippen LogP contribution in [0.3, 0.4) is 0 Å². The first kappa shape index (κ1) is 11.0. The van der Waals surface area contributed by atoms with E-state index in [4.69, 9.17) is 0 Å². The minimum Gasteiger partial charge on any atom is -0.296 e. The zero-order valence-corrected chi connectivity index (χ0v) is 9.03. The van der Waals surface area contributed by atoms with E-state index in [0.29, 0.717) is 17.7 Å². The number of rotatable bonds is 3. The normalized spacial score (nSPS) is 10.2. The molecule has 86 valence electrons. The smallest absolute Gasteiger partial charge is 0.269 e. The fraction of sp³-hybridized carbons (Fsp3) is 0.0909. The first-order chi connectivity index (χ1) is 8.11. The lowest BCUT2D eigenvalue weighted by Gasteiger charge is -1.95. The van der Waals surface area contributed by atoms with Gasteiger partial charge in [-0.25, -0.2) is 0 Å². The molecule has 1 aromatic carbocycles. The molecule has 2 rings (SSSR count). The highest BCUT2D eigenvalue weighted by atomic mass is 16.6. The van der Waals surface area contributed by atoms with Crippen LogP contribution in [0.15, 0.2) is 30.3 Å². The van der Waals surface area contributed by atoms with Crippen LogP contribution in [0, 0.1) is 10.1 Å². The van der Waals surface area contributed by atoms with Gasteiger partial charge in [-0.05, 0) is 18.2 Å². The second kappa shape index (κ2) is 4.17. The lowest BCUT2D eigenvalue weighted by atomic mass is 10.1. The number of carbonyl (C=O) groups excluding carboxylic acids is 1. The molecule has 0 N–H and O–H groups in total. The number of nitro benzene ring substituents is 1. The zero-order valence-electron chi connectivity index (χ0n) is 9.03. The van der Waals surface area contributed by atoms with E-state index in [-0.39, 0.29) is 5.69 Å². The fourth-order valence-corrected chi connectivity index (χ4v) is 1.49. The number of aryl methyl sites for hydroxylation is 1. The van der Waals surface area contributed by atoms with Gasteiger partial charge in [-0.3, -0.25) is 19.6 Å². The first-order valence-electron chi connectivity index (χ1n) is 4.86. The van der Waals surface area contributed by atoms with Gasteiger partial charge in [-0.2, -0.15) is 5.10 Å². The molecule has 0 aliphatic carbocycles. The Hall–Kier alpha value is -2.50. The van der Waals surface area contributed by atoms with Gasteiger partial charge in [0.1, 0.15) is 5.69 Å². The minimum absolute atomic E-state index is 0.0280. The van der Waals surface area contributed by atoms with E-state index in [9.17, 15) is 14.9 Å². The molecule has 2 aromatic rings. The van der Waals surface area contributed by atoms with Gasteiger partial charge in [-0.15, -0.1) is 0 Å². The van der Waals surface area contributed by atoms with Crippen molar-refractivity contribution in [3.8, 4) is 11.3 Å². The number of benzene rings is 1. The van der Waals surface area contributed by atoms with Crippen molar-refractivity contribution in [1.82, 2.24) is 9.78 Å². The van der Waals surface area contributed by atoms with Crippen LogP contribution in [0.5, 0.6) is 0 Å². The highest BCUT2D eigenvalue weighted by molar-refractivity contribution is 5.75. The van der Waals surface area contributed by atoms with Crippen molar-refractivity contribution in [2.45, 2.75) is 0 Å². The topological polar surface area (TPSA) is 78.0 Å². The average molecular weight is 231 g/mol. The molecule has 1 aromatic heterocycles. The summed E-state index contributed by atoms with van der Waals surface area (Å²) in [7, 11) is 1.67. The molecule has 17 heavy (non-hydrogen) atoms. The van der Waals surface area contributed by atoms with Crippen LogP contribution < -0.4 is 0 Å². The largest absolute Gasteiger partial charge is 0.296 e. The summed E-state index contributed by atoms with van der Waals surface area (Å²) in [6, 6.07) is 7.66. The van der Waals surface area contributed by atoms with Crippen LogP contribution in [0.1, 0.15) is 10.5 Å². The number of hydrogen-bond donors (Lipinski definition) is 0. The lowest BCUT2D eigenvalue weighted by Crippen LogP contribution is -1.95. The summed E-state index contributed by atoms with van der Waals surface area (Å²) < 4.78 is 1.46. The molecule has 0 spiro atoms. The van der Waals surface area contributed by atoms with Gasteiger partial charge in [0, 0.05) is 24.7 Å². The second-order valence-electron chi connectivity index (χ2n) is 3.50. The Balaban J connectivity index is 2.39. The molecule has 0 unspecified atom stereocenters. The van der Waals surface area contributed by atoms with Gasteiger partial charge in [0.2, 0.25) is 0 Å². The molecule has 0 bridgehead atoms. The van der Waals surface area contributed by atoms with Crippen molar-refractivity contribution in [2.75, 3.05) is 0 Å². The van der Waals surface area contributed by atoms with Crippen molar-refractivity contribution >= 4 is 12.0 Å². The summed E-state index contributed by atoms with van der Waals surface area (Å²) in [6.45, 7) is 0. The highest BCUT2D eigenvalue weighted by Crippen LogP contribution is 2.21. The van der Waals surface area contributed by atoms with Crippen LogP contribution >= 0.6 is 0 Å². The summed E-state index contributed by atoms with van der Waals surface area (Å²) in [5, 5.41) is 14.6. The zero-order chi connectivity index (χ0) is 12.4. The third-order valence-corrected chi connectivity index (χ3v) is 2.41. The van der Waals surface area contributed by atoms with Crippen LogP contribution in [0.4, 0.5) is 5.69 Å². The molecule has 0 aliphatic heterocycles. The number of aromatic nitrogens is 2. The van der Waals surface area contributed by atoms with Crippen LogP contribution in [0.2, 0.25) is 0 Å². The molecule has 1 heterocycles. The molecule has 0 saturated heterocycles. The highest BCUT2D eigenvalue weighted by Gasteiger charge is 2.09. The fourth-order valence-electron chi connectivity index (χ4n) is 1.49. The maximum Gasteiger partial charge on any atom is 0.269 e. The van der Waals surface area contributed by atoms with Gasteiger partial charge >= 0.3 is 0 Å². The lowest BCUT2D eigenvalue weighted by molar-refractivity contribution is -0.384. The summed E-state index contributed by atoms with van der Waals surface area (Å²) >= 11 is 0. The Bertz CT molecular complexity index is 572. The van der Waals surface area contributed by atoms with Gasteiger partial charge in [0.05, 0.1) is 10.6 Å². The number of non-ortho nitro benzene ring substituents is 1. The van der Waals surface area contributed by atoms with Crippen molar-refractivity contribution in [1.29, 1.82) is 0 Å². The van der Waals surface area contributed by atoms with E-state index in [1.54, 1.807) is 25.2 Å². The molecule has 0 aliphatic rings. The quantitative estimate of drug-likeness (QED) is 0.458. The van der Waals surface area contributed by atoms with Crippen molar-refractivity contribution in [2.24, 2.45) is 7.05 Å². The number of carbonyl (C=O) groups is 1. The Morgan fingerprint density at radius 1 is 1.35 bits per heavy atom. The van der Waals surface area contributed by atoms with Crippen molar-refractivity contribution in [3.05, 3.63) is 46.1 Å². The van der Waals surface area contributed by atoms with Gasteiger partial charge in [-0.1, -0.05) is 0 Å². The van der Waals surface area contributed by atoms with E-state index in [2.05, 4.69) is 5.10 Å². The third kappa shape index (κ3) is 2.05. The van der Waals surface area contributed by atoms with Crippen LogP contribution in [-0.2, 0) is 7.05 Å². The van der Waals surface area contributed by atoms with Crippen LogP contribution in [-0.4, -0.2) is 21.0 Å². The second-order valence-corrected chi connectivity index (χ2v) is 3.50. The average Bonchev–Trinajstić information content (AvgIpc) is 2.70. The predicted octanol–water partition coefficient (Wildman–Crippen LogP) is 1.81. The molecular weight excluding hydrogens is 222 g/mol. The summed E-state index contributed by atoms with van der Waals surface area (Å²) in [5.41, 5.74) is 1.84. The van der Waals surface area contributed by atoms with Crippen LogP contribution in [0.25, 0.3) is 11.3 Å². The van der Waals surface area contributed by atoms with E-state index >= 15 is 0 Å². The van der Waals surface area contributed by atoms with Gasteiger partial charge in [0.15, 0.2) is 6.29 Å². The van der Waals surface area contributed by atoms with Crippen molar-refractivity contribution < 1.29 is 9.72 Å². The molecule has 6 nitrogen and oxygen atoms in total. The molecule has 0 amide bonds. The van der Waals surface area contributed by atoms with Gasteiger partial charge < -0.3 is 0 Å². The first-order valence-corrected chi connectivity index (χ1v) is 4.86. The Morgan fingerprint density at radius 2 is 2.00 bits per heavy atom. The third-order valence-electron chi connectivity index (χ3n) is 2.41. The maximum atomic E-state index is 10.7. The predicted molar refractivity (Wildman–Crippen MR) is 60.7 cm³/mol. The van der Waals surface area contributed by atoms with E-state index < -0.39 is 4.92 Å². The van der Waals surface area contributed by atoms with Crippen molar-refractivity contribution in [3.63, 3.8) is 0 Å². The summed E-state index contributed by atoms with van der Waals surface area (Å²) in [6.07, 6.45) is 0.710. The SMILES string of the molecule is Cn1nc(-c2ccc([N+](=O)[O-])cc2)cc1C=O. The summed E-state index contributed by atoms with van der Waals surface area (Å²) in [4.78, 5) is 20.7. The number of aldehydes is 1. The Kier molecular flexibility index (Phi) is 2.70. The molecule has 0 radical (unpaired) electrons. The van der Waals surface area contributed by atoms with E-state index in [0.717, 1.165) is 5.56 Å². The molecule has 6 heteroatoms. The molecule has 0 saturated carbocycles. The number of nitrogens with zero attached hydrogens (tertiary/aromatic N) is 3. The Morgan fingerprint density at radius 3 is 2.47 bits per heavy atom. The molecule has 0 atom stereocenters.